The topological polar surface area (TPSA) is 32.3 Å². The predicted molar refractivity (Wildman–Crippen MR) is 91.7 cm³/mol. The van der Waals surface area contributed by atoms with E-state index in [4.69, 9.17) is 0 Å². The highest BCUT2D eigenvalue weighted by atomic mass is 79.9. The SMILES string of the molecule is CCCNC(Cc1ccc(O)cc1)Cc1ccccc1Br. The summed E-state index contributed by atoms with van der Waals surface area (Å²) in [5.74, 6) is 0.322. The largest absolute Gasteiger partial charge is 0.508 e. The van der Waals surface area contributed by atoms with Crippen LogP contribution in [0.15, 0.2) is 53.0 Å². The lowest BCUT2D eigenvalue weighted by Gasteiger charge is -2.19. The summed E-state index contributed by atoms with van der Waals surface area (Å²) < 4.78 is 1.17. The Morgan fingerprint density at radius 2 is 1.76 bits per heavy atom. The van der Waals surface area contributed by atoms with Crippen molar-refractivity contribution in [3.8, 4) is 5.75 Å². The maximum absolute atomic E-state index is 9.38. The second-order valence-electron chi connectivity index (χ2n) is 5.32. The number of phenols is 1. The predicted octanol–water partition coefficient (Wildman–Crippen LogP) is 4.31. The molecule has 0 amide bonds. The molecule has 0 aliphatic rings. The summed E-state index contributed by atoms with van der Waals surface area (Å²) in [6, 6.07) is 16.3. The molecule has 2 aromatic rings. The van der Waals surface area contributed by atoms with Crippen LogP contribution < -0.4 is 5.32 Å². The third-order valence-corrected chi connectivity index (χ3v) is 4.30. The van der Waals surface area contributed by atoms with E-state index in [-0.39, 0.29) is 0 Å². The minimum absolute atomic E-state index is 0.322. The normalized spacial score (nSPS) is 12.3. The van der Waals surface area contributed by atoms with E-state index in [0.717, 1.165) is 25.8 Å². The van der Waals surface area contributed by atoms with Crippen LogP contribution in [0.25, 0.3) is 0 Å². The molecule has 0 radical (unpaired) electrons. The van der Waals surface area contributed by atoms with E-state index in [1.165, 1.54) is 15.6 Å². The third kappa shape index (κ3) is 5.18. The molecule has 0 saturated heterocycles. The van der Waals surface area contributed by atoms with Crippen LogP contribution in [0, 0.1) is 0 Å². The number of hydrogen-bond donors (Lipinski definition) is 2. The highest BCUT2D eigenvalue weighted by Gasteiger charge is 2.11. The Kier molecular flexibility index (Phi) is 6.27. The fourth-order valence-electron chi connectivity index (χ4n) is 2.41. The summed E-state index contributed by atoms with van der Waals surface area (Å²) in [6.07, 6.45) is 3.08. The van der Waals surface area contributed by atoms with Crippen LogP contribution in [0.1, 0.15) is 24.5 Å². The highest BCUT2D eigenvalue weighted by Crippen LogP contribution is 2.19. The van der Waals surface area contributed by atoms with Crippen molar-refractivity contribution in [3.63, 3.8) is 0 Å². The number of nitrogens with one attached hydrogen (secondary N) is 1. The van der Waals surface area contributed by atoms with Crippen LogP contribution in [0.2, 0.25) is 0 Å². The zero-order valence-electron chi connectivity index (χ0n) is 12.3. The lowest BCUT2D eigenvalue weighted by molar-refractivity contribution is 0.474. The van der Waals surface area contributed by atoms with Gasteiger partial charge in [-0.2, -0.15) is 0 Å². The van der Waals surface area contributed by atoms with Crippen molar-refractivity contribution in [2.75, 3.05) is 6.54 Å². The molecule has 2 rings (SSSR count). The molecule has 0 bridgehead atoms. The van der Waals surface area contributed by atoms with Crippen molar-refractivity contribution in [2.24, 2.45) is 0 Å². The number of benzene rings is 2. The third-order valence-electron chi connectivity index (χ3n) is 3.53. The first-order chi connectivity index (χ1) is 10.2. The Labute approximate surface area is 135 Å². The standard InChI is InChI=1S/C18H22BrNO/c1-2-11-20-16(12-14-7-9-17(21)10-8-14)13-15-5-3-4-6-18(15)19/h3-10,16,20-21H,2,11-13H2,1H3. The van der Waals surface area contributed by atoms with E-state index >= 15 is 0 Å². The fourth-order valence-corrected chi connectivity index (χ4v) is 2.86. The first-order valence-corrected chi connectivity index (χ1v) is 8.23. The summed E-state index contributed by atoms with van der Waals surface area (Å²) in [7, 11) is 0. The number of hydrogen-bond acceptors (Lipinski definition) is 2. The first kappa shape index (κ1) is 16.1. The first-order valence-electron chi connectivity index (χ1n) is 7.43. The summed E-state index contributed by atoms with van der Waals surface area (Å²) in [6.45, 7) is 3.20. The monoisotopic (exact) mass is 347 g/mol. The zero-order chi connectivity index (χ0) is 15.1. The Balaban J connectivity index is 2.07. The van der Waals surface area contributed by atoms with Crippen molar-refractivity contribution >= 4 is 15.9 Å². The average molecular weight is 348 g/mol. The summed E-state index contributed by atoms with van der Waals surface area (Å²) in [5, 5.41) is 13.0. The second-order valence-corrected chi connectivity index (χ2v) is 6.17. The average Bonchev–Trinajstić information content (AvgIpc) is 2.49. The van der Waals surface area contributed by atoms with Crippen LogP contribution in [-0.4, -0.2) is 17.7 Å². The molecule has 2 N–H and O–H groups in total. The van der Waals surface area contributed by atoms with Gasteiger partial charge in [0.05, 0.1) is 0 Å². The van der Waals surface area contributed by atoms with Gasteiger partial charge in [0.25, 0.3) is 0 Å². The van der Waals surface area contributed by atoms with Crippen molar-refractivity contribution in [2.45, 2.75) is 32.2 Å². The molecule has 3 heteroatoms. The lowest BCUT2D eigenvalue weighted by atomic mass is 9.99. The maximum atomic E-state index is 9.38. The fraction of sp³-hybridized carbons (Fsp3) is 0.333. The van der Waals surface area contributed by atoms with Crippen LogP contribution in [-0.2, 0) is 12.8 Å². The molecule has 2 nitrogen and oxygen atoms in total. The smallest absolute Gasteiger partial charge is 0.115 e. The molecular weight excluding hydrogens is 326 g/mol. The quantitative estimate of drug-likeness (QED) is 0.782. The van der Waals surface area contributed by atoms with Gasteiger partial charge in [-0.25, -0.2) is 0 Å². The van der Waals surface area contributed by atoms with Gasteiger partial charge >= 0.3 is 0 Å². The van der Waals surface area contributed by atoms with Crippen LogP contribution >= 0.6 is 15.9 Å². The van der Waals surface area contributed by atoms with E-state index in [1.807, 2.05) is 18.2 Å². The van der Waals surface area contributed by atoms with Crippen molar-refractivity contribution < 1.29 is 5.11 Å². The Morgan fingerprint density at radius 3 is 2.43 bits per heavy atom. The van der Waals surface area contributed by atoms with Crippen molar-refractivity contribution in [3.05, 3.63) is 64.1 Å². The van der Waals surface area contributed by atoms with Gasteiger partial charge in [-0.15, -0.1) is 0 Å². The second kappa shape index (κ2) is 8.20. The van der Waals surface area contributed by atoms with Gasteiger partial charge in [-0.3, -0.25) is 0 Å². The minimum atomic E-state index is 0.322. The molecule has 0 heterocycles. The Morgan fingerprint density at radius 1 is 1.05 bits per heavy atom. The van der Waals surface area contributed by atoms with Gasteiger partial charge in [-0.1, -0.05) is 53.2 Å². The van der Waals surface area contributed by atoms with E-state index in [9.17, 15) is 5.11 Å². The Bertz CT molecular complexity index is 553. The van der Waals surface area contributed by atoms with E-state index in [2.05, 4.69) is 46.4 Å². The van der Waals surface area contributed by atoms with E-state index in [0.29, 0.717) is 11.8 Å². The van der Waals surface area contributed by atoms with Crippen LogP contribution in [0.4, 0.5) is 0 Å². The molecule has 0 saturated carbocycles. The molecule has 0 aliphatic heterocycles. The molecule has 0 aromatic heterocycles. The molecule has 1 unspecified atom stereocenters. The van der Waals surface area contributed by atoms with Crippen molar-refractivity contribution in [1.82, 2.24) is 5.32 Å². The molecule has 21 heavy (non-hydrogen) atoms. The molecule has 112 valence electrons. The maximum Gasteiger partial charge on any atom is 0.115 e. The van der Waals surface area contributed by atoms with Gasteiger partial charge < -0.3 is 10.4 Å². The van der Waals surface area contributed by atoms with Crippen molar-refractivity contribution in [1.29, 1.82) is 0 Å². The summed E-state index contributed by atoms with van der Waals surface area (Å²) in [5.41, 5.74) is 2.57. The van der Waals surface area contributed by atoms with Gasteiger partial charge in [0.15, 0.2) is 0 Å². The number of rotatable bonds is 7. The number of phenolic OH excluding ortho intramolecular Hbond substituents is 1. The molecule has 0 spiro atoms. The van der Waals surface area contributed by atoms with E-state index in [1.54, 1.807) is 12.1 Å². The number of halogens is 1. The van der Waals surface area contributed by atoms with Gasteiger partial charge in [0.2, 0.25) is 0 Å². The lowest BCUT2D eigenvalue weighted by Crippen LogP contribution is -2.33. The molecule has 0 aliphatic carbocycles. The van der Waals surface area contributed by atoms with Gasteiger partial charge in [0, 0.05) is 10.5 Å². The highest BCUT2D eigenvalue weighted by molar-refractivity contribution is 9.10. The molecule has 2 aromatic carbocycles. The Hall–Kier alpha value is -1.32. The zero-order valence-corrected chi connectivity index (χ0v) is 13.9. The molecule has 0 fully saturated rings. The summed E-state index contributed by atoms with van der Waals surface area (Å²) >= 11 is 3.63. The number of aromatic hydroxyl groups is 1. The van der Waals surface area contributed by atoms with E-state index < -0.39 is 0 Å². The van der Waals surface area contributed by atoms with Crippen LogP contribution in [0.5, 0.6) is 5.75 Å². The van der Waals surface area contributed by atoms with Crippen LogP contribution in [0.3, 0.4) is 0 Å². The molecular formula is C18H22BrNO. The minimum Gasteiger partial charge on any atom is -0.508 e. The summed E-state index contributed by atoms with van der Waals surface area (Å²) in [4.78, 5) is 0. The van der Waals surface area contributed by atoms with Gasteiger partial charge in [-0.05, 0) is 55.1 Å². The van der Waals surface area contributed by atoms with Gasteiger partial charge in [0.1, 0.15) is 5.75 Å². The molecule has 1 atom stereocenters.